The summed E-state index contributed by atoms with van der Waals surface area (Å²) in [6.45, 7) is 7.88. The van der Waals surface area contributed by atoms with Crippen molar-refractivity contribution < 1.29 is 0 Å². The first-order valence-corrected chi connectivity index (χ1v) is 6.59. The largest absolute Gasteiger partial charge is 0.319 e. The van der Waals surface area contributed by atoms with Crippen LogP contribution in [0.2, 0.25) is 5.02 Å². The van der Waals surface area contributed by atoms with Crippen molar-refractivity contribution in [1.29, 1.82) is 0 Å². The van der Waals surface area contributed by atoms with Gasteiger partial charge in [-0.3, -0.25) is 4.68 Å². The summed E-state index contributed by atoms with van der Waals surface area (Å²) in [7, 11) is 0. The van der Waals surface area contributed by atoms with E-state index in [1.807, 2.05) is 38.4 Å². The van der Waals surface area contributed by atoms with Crippen molar-refractivity contribution in [2.75, 3.05) is 0 Å². The average Bonchev–Trinajstić information content (AvgIpc) is 2.73. The van der Waals surface area contributed by atoms with Gasteiger partial charge in [-0.15, -0.1) is 0 Å². The van der Waals surface area contributed by atoms with E-state index in [1.54, 1.807) is 6.20 Å². The molecule has 0 fully saturated rings. The van der Waals surface area contributed by atoms with Gasteiger partial charge in [0.25, 0.3) is 0 Å². The van der Waals surface area contributed by atoms with Crippen LogP contribution in [0.1, 0.15) is 48.6 Å². The van der Waals surface area contributed by atoms with E-state index in [0.717, 1.165) is 22.6 Å². The third kappa shape index (κ3) is 2.62. The second-order valence-electron chi connectivity index (χ2n) is 4.92. The molecular formula is C13H18ClN5. The summed E-state index contributed by atoms with van der Waals surface area (Å²) >= 11 is 6.23. The highest BCUT2D eigenvalue weighted by Gasteiger charge is 2.22. The van der Waals surface area contributed by atoms with Crippen molar-refractivity contribution in [3.63, 3.8) is 0 Å². The van der Waals surface area contributed by atoms with Gasteiger partial charge >= 0.3 is 0 Å². The van der Waals surface area contributed by atoms with Crippen LogP contribution in [0, 0.1) is 13.8 Å². The van der Waals surface area contributed by atoms with Crippen LogP contribution in [0.15, 0.2) is 12.3 Å². The van der Waals surface area contributed by atoms with E-state index >= 15 is 0 Å². The lowest BCUT2D eigenvalue weighted by Crippen LogP contribution is -2.20. The first-order valence-electron chi connectivity index (χ1n) is 6.21. The van der Waals surface area contributed by atoms with E-state index in [-0.39, 0.29) is 12.1 Å². The lowest BCUT2D eigenvalue weighted by molar-refractivity contribution is 0.498. The molecule has 0 saturated carbocycles. The maximum Gasteiger partial charge on any atom is 0.0837 e. The van der Waals surface area contributed by atoms with Gasteiger partial charge in [0.2, 0.25) is 0 Å². The molecule has 1 atom stereocenters. The van der Waals surface area contributed by atoms with Crippen molar-refractivity contribution in [2.45, 2.75) is 39.8 Å². The average molecular weight is 280 g/mol. The number of halogens is 1. The molecule has 19 heavy (non-hydrogen) atoms. The van der Waals surface area contributed by atoms with Crippen LogP contribution in [0.3, 0.4) is 0 Å². The fourth-order valence-corrected chi connectivity index (χ4v) is 2.33. The van der Waals surface area contributed by atoms with Gasteiger partial charge in [0.15, 0.2) is 0 Å². The second kappa shape index (κ2) is 5.27. The monoisotopic (exact) mass is 279 g/mol. The Morgan fingerprint density at radius 2 is 1.95 bits per heavy atom. The van der Waals surface area contributed by atoms with Crippen LogP contribution in [0.25, 0.3) is 0 Å². The van der Waals surface area contributed by atoms with Crippen molar-refractivity contribution >= 4 is 11.6 Å². The summed E-state index contributed by atoms with van der Waals surface area (Å²) in [6.07, 6.45) is 1.63. The topological polar surface area (TPSA) is 69.6 Å². The molecule has 2 N–H and O–H groups in total. The van der Waals surface area contributed by atoms with E-state index in [2.05, 4.69) is 15.3 Å². The third-order valence-corrected chi connectivity index (χ3v) is 3.34. The highest BCUT2D eigenvalue weighted by Crippen LogP contribution is 2.29. The summed E-state index contributed by atoms with van der Waals surface area (Å²) in [5, 5.41) is 13.0. The molecule has 0 aliphatic rings. The Kier molecular flexibility index (Phi) is 3.87. The maximum atomic E-state index is 6.36. The van der Waals surface area contributed by atoms with Crippen LogP contribution in [0.5, 0.6) is 0 Å². The molecule has 5 nitrogen and oxygen atoms in total. The summed E-state index contributed by atoms with van der Waals surface area (Å²) in [6, 6.07) is 1.79. The Labute approximate surface area is 117 Å². The minimum atomic E-state index is -0.355. The quantitative estimate of drug-likeness (QED) is 0.937. The number of hydrogen-bond donors (Lipinski definition) is 1. The van der Waals surface area contributed by atoms with Crippen molar-refractivity contribution in [2.24, 2.45) is 5.73 Å². The Morgan fingerprint density at radius 1 is 1.26 bits per heavy atom. The summed E-state index contributed by atoms with van der Waals surface area (Å²) in [5.74, 6) is 0. The zero-order valence-electron chi connectivity index (χ0n) is 11.6. The van der Waals surface area contributed by atoms with Crippen LogP contribution >= 0.6 is 11.6 Å². The molecule has 0 saturated heterocycles. The van der Waals surface area contributed by atoms with Gasteiger partial charge in [-0.2, -0.15) is 15.3 Å². The Morgan fingerprint density at radius 3 is 2.58 bits per heavy atom. The number of nitrogens with two attached hydrogens (primary N) is 1. The third-order valence-electron chi connectivity index (χ3n) is 3.05. The van der Waals surface area contributed by atoms with Gasteiger partial charge in [0.05, 0.1) is 34.3 Å². The first kappa shape index (κ1) is 14.0. The van der Waals surface area contributed by atoms with Gasteiger partial charge in [-0.05, 0) is 39.3 Å². The molecule has 0 spiro atoms. The van der Waals surface area contributed by atoms with Gasteiger partial charge in [0, 0.05) is 6.04 Å². The zero-order valence-corrected chi connectivity index (χ0v) is 12.3. The van der Waals surface area contributed by atoms with E-state index < -0.39 is 0 Å². The van der Waals surface area contributed by atoms with Crippen LogP contribution in [-0.2, 0) is 0 Å². The molecule has 6 heteroatoms. The standard InChI is InChI=1S/C13H18ClN5/c1-7(2)19-13(11(14)6-16-19)12(15)10-5-8(3)17-18-9(10)4/h5-7,12H,15H2,1-4H3. The fourth-order valence-electron chi connectivity index (χ4n) is 2.09. The number of rotatable bonds is 3. The highest BCUT2D eigenvalue weighted by molar-refractivity contribution is 6.31. The van der Waals surface area contributed by atoms with E-state index in [4.69, 9.17) is 17.3 Å². The molecule has 0 aromatic carbocycles. The molecule has 0 amide bonds. The van der Waals surface area contributed by atoms with Crippen LogP contribution in [0.4, 0.5) is 0 Å². The van der Waals surface area contributed by atoms with Gasteiger partial charge in [-0.25, -0.2) is 0 Å². The number of nitrogens with zero attached hydrogens (tertiary/aromatic N) is 4. The molecule has 0 bridgehead atoms. The van der Waals surface area contributed by atoms with Crippen molar-refractivity contribution in [3.05, 3.63) is 39.9 Å². The van der Waals surface area contributed by atoms with E-state index in [1.165, 1.54) is 0 Å². The summed E-state index contributed by atoms with van der Waals surface area (Å²) < 4.78 is 1.85. The first-order chi connectivity index (χ1) is 8.91. The number of aromatic nitrogens is 4. The summed E-state index contributed by atoms with van der Waals surface area (Å²) in [5.41, 5.74) is 9.74. The zero-order chi connectivity index (χ0) is 14.2. The molecule has 102 valence electrons. The molecule has 2 aromatic heterocycles. The molecule has 0 radical (unpaired) electrons. The predicted molar refractivity (Wildman–Crippen MR) is 75.2 cm³/mol. The molecule has 0 aliphatic heterocycles. The molecule has 1 unspecified atom stereocenters. The van der Waals surface area contributed by atoms with Crippen molar-refractivity contribution in [3.8, 4) is 0 Å². The van der Waals surface area contributed by atoms with E-state index in [9.17, 15) is 0 Å². The van der Waals surface area contributed by atoms with Crippen molar-refractivity contribution in [1.82, 2.24) is 20.0 Å². The normalized spacial score (nSPS) is 13.0. The molecular weight excluding hydrogens is 262 g/mol. The highest BCUT2D eigenvalue weighted by atomic mass is 35.5. The maximum absolute atomic E-state index is 6.36. The van der Waals surface area contributed by atoms with Crippen LogP contribution < -0.4 is 5.73 Å². The van der Waals surface area contributed by atoms with Crippen LogP contribution in [-0.4, -0.2) is 20.0 Å². The fraction of sp³-hybridized carbons (Fsp3) is 0.462. The Hall–Kier alpha value is -1.46. The SMILES string of the molecule is Cc1cc(C(N)c2c(Cl)cnn2C(C)C)c(C)nn1. The van der Waals surface area contributed by atoms with E-state index in [0.29, 0.717) is 5.02 Å². The lowest BCUT2D eigenvalue weighted by atomic mass is 10.0. The van der Waals surface area contributed by atoms with Gasteiger partial charge in [-0.1, -0.05) is 11.6 Å². The van der Waals surface area contributed by atoms with Gasteiger partial charge in [0.1, 0.15) is 0 Å². The van der Waals surface area contributed by atoms with Gasteiger partial charge < -0.3 is 5.73 Å². The number of aryl methyl sites for hydroxylation is 2. The predicted octanol–water partition coefficient (Wildman–Crippen LogP) is 2.57. The lowest BCUT2D eigenvalue weighted by Gasteiger charge is -2.18. The molecule has 2 rings (SSSR count). The molecule has 2 aromatic rings. The smallest absolute Gasteiger partial charge is 0.0837 e. The minimum Gasteiger partial charge on any atom is -0.319 e. The Bertz CT molecular complexity index is 591. The number of hydrogen-bond acceptors (Lipinski definition) is 4. The molecule has 0 aliphatic carbocycles. The second-order valence-corrected chi connectivity index (χ2v) is 5.33. The minimum absolute atomic E-state index is 0.199. The summed E-state index contributed by atoms with van der Waals surface area (Å²) in [4.78, 5) is 0. The molecule has 2 heterocycles. The Balaban J connectivity index is 2.52.